The maximum Gasteiger partial charge on any atom is 0.417 e. The number of hydrogen-bond acceptors (Lipinski definition) is 3. The molecule has 0 spiro atoms. The summed E-state index contributed by atoms with van der Waals surface area (Å²) in [5.41, 5.74) is 3.82. The first kappa shape index (κ1) is 19.6. The molecule has 142 valence electrons. The molecule has 0 atom stereocenters. The van der Waals surface area contributed by atoms with E-state index in [1.54, 1.807) is 48.5 Å². The molecule has 0 aliphatic rings. The molecule has 28 heavy (non-hydrogen) atoms. The molecule has 0 aliphatic heterocycles. The van der Waals surface area contributed by atoms with Crippen LogP contribution in [0.5, 0.6) is 0 Å². The van der Waals surface area contributed by atoms with Gasteiger partial charge in [-0.25, -0.2) is 5.43 Å². The number of halogens is 4. The van der Waals surface area contributed by atoms with Gasteiger partial charge in [0, 0.05) is 22.3 Å². The van der Waals surface area contributed by atoms with Gasteiger partial charge in [0.1, 0.15) is 0 Å². The Kier molecular flexibility index (Phi) is 5.75. The number of nitrogens with zero attached hydrogens (tertiary/aromatic N) is 2. The Labute approximate surface area is 163 Å². The molecular formula is C20H13ClF3N3O. The number of nitrogens with one attached hydrogen (secondary N) is 1. The highest BCUT2D eigenvalue weighted by atomic mass is 35.5. The van der Waals surface area contributed by atoms with Crippen LogP contribution in [0.1, 0.15) is 21.5 Å². The zero-order valence-corrected chi connectivity index (χ0v) is 15.0. The number of hydrazone groups is 1. The molecule has 0 saturated carbocycles. The second-order valence-corrected chi connectivity index (χ2v) is 6.19. The fourth-order valence-corrected chi connectivity index (χ4v) is 2.43. The topological polar surface area (TPSA) is 54.4 Å². The minimum Gasteiger partial charge on any atom is -0.267 e. The molecule has 3 aromatic rings. The number of alkyl halides is 3. The Balaban J connectivity index is 1.63. The zero-order valence-electron chi connectivity index (χ0n) is 14.2. The van der Waals surface area contributed by atoms with Crippen molar-refractivity contribution in [3.05, 3.63) is 88.6 Å². The van der Waals surface area contributed by atoms with Gasteiger partial charge in [0.05, 0.1) is 17.5 Å². The molecule has 0 saturated heterocycles. The van der Waals surface area contributed by atoms with Crippen LogP contribution in [0, 0.1) is 0 Å². The summed E-state index contributed by atoms with van der Waals surface area (Å²) in [7, 11) is 0. The van der Waals surface area contributed by atoms with Gasteiger partial charge in [0.15, 0.2) is 0 Å². The van der Waals surface area contributed by atoms with Crippen LogP contribution in [-0.4, -0.2) is 17.1 Å². The Morgan fingerprint density at radius 3 is 2.25 bits per heavy atom. The molecule has 0 fully saturated rings. The van der Waals surface area contributed by atoms with Crippen LogP contribution in [0.2, 0.25) is 5.02 Å². The Morgan fingerprint density at radius 1 is 1.00 bits per heavy atom. The van der Waals surface area contributed by atoms with Gasteiger partial charge in [0.2, 0.25) is 0 Å². The van der Waals surface area contributed by atoms with Gasteiger partial charge < -0.3 is 0 Å². The highest BCUT2D eigenvalue weighted by molar-refractivity contribution is 6.30. The monoisotopic (exact) mass is 403 g/mol. The second-order valence-electron chi connectivity index (χ2n) is 5.76. The van der Waals surface area contributed by atoms with E-state index in [-0.39, 0.29) is 5.91 Å². The SMILES string of the molecule is O=C(N/N=C/c1ccc(-c2ccc(C(F)(F)F)cn2)cc1)c1ccc(Cl)cc1. The molecule has 8 heteroatoms. The normalized spacial score (nSPS) is 11.6. The number of amides is 1. The molecule has 3 rings (SSSR count). The standard InChI is InChI=1S/C20H13ClF3N3O/c21-17-8-5-15(6-9-17)19(28)27-26-11-13-1-3-14(4-2-13)18-10-7-16(12-25-18)20(22,23)24/h1-12H,(H,27,28)/b26-11+. The van der Waals surface area contributed by atoms with Crippen LogP contribution in [0.15, 0.2) is 72.0 Å². The number of aromatic nitrogens is 1. The lowest BCUT2D eigenvalue weighted by molar-refractivity contribution is -0.137. The quantitative estimate of drug-likeness (QED) is 0.481. The van der Waals surface area contributed by atoms with E-state index < -0.39 is 11.7 Å². The van der Waals surface area contributed by atoms with Gasteiger partial charge in [-0.05, 0) is 42.0 Å². The van der Waals surface area contributed by atoms with Crippen molar-refractivity contribution in [2.24, 2.45) is 5.10 Å². The summed E-state index contributed by atoms with van der Waals surface area (Å²) in [5.74, 6) is -0.376. The molecule has 1 N–H and O–H groups in total. The van der Waals surface area contributed by atoms with Crippen LogP contribution < -0.4 is 5.43 Å². The third-order valence-corrected chi connectivity index (χ3v) is 4.04. The van der Waals surface area contributed by atoms with E-state index >= 15 is 0 Å². The number of carbonyl (C=O) groups is 1. The van der Waals surface area contributed by atoms with Crippen molar-refractivity contribution >= 4 is 23.7 Å². The molecule has 4 nitrogen and oxygen atoms in total. The van der Waals surface area contributed by atoms with E-state index in [0.29, 0.717) is 27.4 Å². The van der Waals surface area contributed by atoms with Crippen molar-refractivity contribution in [3.63, 3.8) is 0 Å². The average molecular weight is 404 g/mol. The number of hydrogen-bond donors (Lipinski definition) is 1. The Hall–Kier alpha value is -3.19. The summed E-state index contributed by atoms with van der Waals surface area (Å²) >= 11 is 5.77. The van der Waals surface area contributed by atoms with Gasteiger partial charge in [-0.15, -0.1) is 0 Å². The van der Waals surface area contributed by atoms with E-state index in [0.717, 1.165) is 12.3 Å². The number of carbonyl (C=O) groups excluding carboxylic acids is 1. The molecular weight excluding hydrogens is 391 g/mol. The van der Waals surface area contributed by atoms with Gasteiger partial charge in [-0.3, -0.25) is 9.78 Å². The largest absolute Gasteiger partial charge is 0.417 e. The van der Waals surface area contributed by atoms with E-state index in [1.165, 1.54) is 12.3 Å². The summed E-state index contributed by atoms with van der Waals surface area (Å²) in [5, 5.41) is 4.41. The van der Waals surface area contributed by atoms with Gasteiger partial charge in [-0.1, -0.05) is 35.9 Å². The van der Waals surface area contributed by atoms with Crippen LogP contribution >= 0.6 is 11.6 Å². The predicted octanol–water partition coefficient (Wildman–Crippen LogP) is 5.18. The van der Waals surface area contributed by atoms with Gasteiger partial charge in [-0.2, -0.15) is 18.3 Å². The predicted molar refractivity (Wildman–Crippen MR) is 101 cm³/mol. The lowest BCUT2D eigenvalue weighted by Crippen LogP contribution is -2.17. The smallest absolute Gasteiger partial charge is 0.267 e. The van der Waals surface area contributed by atoms with E-state index in [4.69, 9.17) is 11.6 Å². The number of pyridine rings is 1. The fraction of sp³-hybridized carbons (Fsp3) is 0.0500. The van der Waals surface area contributed by atoms with Crippen molar-refractivity contribution in [2.75, 3.05) is 0 Å². The summed E-state index contributed by atoms with van der Waals surface area (Å²) < 4.78 is 37.8. The van der Waals surface area contributed by atoms with Crippen molar-refractivity contribution in [3.8, 4) is 11.3 Å². The van der Waals surface area contributed by atoms with E-state index in [9.17, 15) is 18.0 Å². The Morgan fingerprint density at radius 2 is 1.68 bits per heavy atom. The molecule has 1 aromatic heterocycles. The second kappa shape index (κ2) is 8.22. The Bertz CT molecular complexity index is 983. The molecule has 0 radical (unpaired) electrons. The molecule has 0 aliphatic carbocycles. The van der Waals surface area contributed by atoms with Crippen LogP contribution in [0.4, 0.5) is 13.2 Å². The summed E-state index contributed by atoms with van der Waals surface area (Å²) in [6, 6.07) is 15.5. The van der Waals surface area contributed by atoms with E-state index in [2.05, 4.69) is 15.5 Å². The zero-order chi connectivity index (χ0) is 20.1. The number of rotatable bonds is 4. The van der Waals surface area contributed by atoms with Crippen molar-refractivity contribution < 1.29 is 18.0 Å². The highest BCUT2D eigenvalue weighted by Crippen LogP contribution is 2.29. The number of benzene rings is 2. The first-order chi connectivity index (χ1) is 13.3. The molecule has 2 aromatic carbocycles. The molecule has 1 heterocycles. The van der Waals surface area contributed by atoms with Crippen molar-refractivity contribution in [1.29, 1.82) is 0 Å². The molecule has 0 unspecified atom stereocenters. The molecule has 0 bridgehead atoms. The minimum absolute atomic E-state index is 0.376. The van der Waals surface area contributed by atoms with Crippen molar-refractivity contribution in [1.82, 2.24) is 10.4 Å². The first-order valence-electron chi connectivity index (χ1n) is 8.05. The lowest BCUT2D eigenvalue weighted by Gasteiger charge is -2.07. The fourth-order valence-electron chi connectivity index (χ4n) is 2.30. The van der Waals surface area contributed by atoms with Gasteiger partial charge >= 0.3 is 6.18 Å². The first-order valence-corrected chi connectivity index (χ1v) is 8.43. The average Bonchev–Trinajstić information content (AvgIpc) is 2.68. The van der Waals surface area contributed by atoms with Gasteiger partial charge in [0.25, 0.3) is 5.91 Å². The third kappa shape index (κ3) is 4.95. The maximum atomic E-state index is 12.6. The lowest BCUT2D eigenvalue weighted by atomic mass is 10.1. The van der Waals surface area contributed by atoms with Crippen LogP contribution in [0.25, 0.3) is 11.3 Å². The third-order valence-electron chi connectivity index (χ3n) is 3.78. The van der Waals surface area contributed by atoms with Crippen LogP contribution in [0.3, 0.4) is 0 Å². The van der Waals surface area contributed by atoms with E-state index in [1.807, 2.05) is 0 Å². The van der Waals surface area contributed by atoms with Crippen LogP contribution in [-0.2, 0) is 6.18 Å². The minimum atomic E-state index is -4.41. The molecule has 1 amide bonds. The highest BCUT2D eigenvalue weighted by Gasteiger charge is 2.30. The van der Waals surface area contributed by atoms with Crippen molar-refractivity contribution in [2.45, 2.75) is 6.18 Å². The maximum absolute atomic E-state index is 12.6. The summed E-state index contributed by atoms with van der Waals surface area (Å²) in [4.78, 5) is 15.8. The summed E-state index contributed by atoms with van der Waals surface area (Å²) in [6.07, 6.45) is -2.16. The summed E-state index contributed by atoms with van der Waals surface area (Å²) in [6.45, 7) is 0.